The molecule has 0 spiro atoms. The Balaban J connectivity index is 2.00. The van der Waals surface area contributed by atoms with Crippen LogP contribution in [0.1, 0.15) is 41.5 Å². The van der Waals surface area contributed by atoms with Crippen LogP contribution in [0, 0.1) is 6.92 Å². The van der Waals surface area contributed by atoms with Gasteiger partial charge in [-0.1, -0.05) is 43.7 Å². The third-order valence-electron chi connectivity index (χ3n) is 4.67. The van der Waals surface area contributed by atoms with Gasteiger partial charge in [0.25, 0.3) is 0 Å². The minimum atomic E-state index is -0.972. The first-order valence-corrected chi connectivity index (χ1v) is 9.08. The van der Waals surface area contributed by atoms with Gasteiger partial charge in [0.1, 0.15) is 17.7 Å². The first kappa shape index (κ1) is 17.9. The molecule has 0 bridgehead atoms. The quantitative estimate of drug-likeness (QED) is 0.566. The Labute approximate surface area is 162 Å². The van der Waals surface area contributed by atoms with E-state index in [1.165, 1.54) is 6.33 Å². The molecule has 2 aromatic carbocycles. The molecule has 0 unspecified atom stereocenters. The lowest BCUT2D eigenvalue weighted by molar-refractivity contribution is 0.0697. The van der Waals surface area contributed by atoms with Crippen molar-refractivity contribution in [1.29, 1.82) is 0 Å². The molecule has 0 saturated heterocycles. The molecule has 2 heterocycles. The number of aromatic carboxylic acids is 1. The molecule has 0 atom stereocenters. The minimum absolute atomic E-state index is 0.130. The molecule has 4 aromatic rings. The minimum Gasteiger partial charge on any atom is -0.478 e. The molecule has 140 valence electrons. The van der Waals surface area contributed by atoms with Crippen LogP contribution in [0.4, 0.5) is 0 Å². The van der Waals surface area contributed by atoms with Crippen LogP contribution in [-0.2, 0) is 0 Å². The highest BCUT2D eigenvalue weighted by Gasteiger charge is 2.18. The van der Waals surface area contributed by atoms with E-state index in [9.17, 15) is 9.90 Å². The van der Waals surface area contributed by atoms with Crippen LogP contribution >= 0.6 is 0 Å². The molecule has 4 rings (SSSR count). The summed E-state index contributed by atoms with van der Waals surface area (Å²) in [7, 11) is 0. The van der Waals surface area contributed by atoms with E-state index in [0.29, 0.717) is 11.2 Å². The monoisotopic (exact) mass is 372 g/mol. The van der Waals surface area contributed by atoms with E-state index in [2.05, 4.69) is 15.0 Å². The van der Waals surface area contributed by atoms with Crippen molar-refractivity contribution < 1.29 is 9.90 Å². The highest BCUT2D eigenvalue weighted by molar-refractivity contribution is 5.91. The third kappa shape index (κ3) is 3.13. The Morgan fingerprint density at radius 3 is 2.50 bits per heavy atom. The van der Waals surface area contributed by atoms with Gasteiger partial charge in [0.15, 0.2) is 5.65 Å². The molecule has 28 heavy (non-hydrogen) atoms. The Bertz CT molecular complexity index is 1180. The molecular formula is C22H20N4O2. The lowest BCUT2D eigenvalue weighted by Crippen LogP contribution is -2.06. The summed E-state index contributed by atoms with van der Waals surface area (Å²) >= 11 is 0. The standard InChI is InChI=1S/C22H20N4O2/c1-13(2)20-25-19-11-23-12-24-21(19)26(20)18-9-16(8-17(10-18)22(27)28)15-6-4-14(3)5-7-15/h4-13H,1-3H3,(H,27,28). The second-order valence-electron chi connectivity index (χ2n) is 7.13. The number of benzene rings is 2. The van der Waals surface area contributed by atoms with Crippen LogP contribution in [0.5, 0.6) is 0 Å². The maximum atomic E-state index is 11.8. The first-order chi connectivity index (χ1) is 13.4. The number of hydrogen-bond acceptors (Lipinski definition) is 4. The van der Waals surface area contributed by atoms with Gasteiger partial charge in [-0.25, -0.2) is 19.7 Å². The smallest absolute Gasteiger partial charge is 0.335 e. The summed E-state index contributed by atoms with van der Waals surface area (Å²) in [5.74, 6) is -0.0289. The van der Waals surface area contributed by atoms with Crippen molar-refractivity contribution in [3.63, 3.8) is 0 Å². The van der Waals surface area contributed by atoms with Gasteiger partial charge in [-0.2, -0.15) is 0 Å². The zero-order valence-electron chi connectivity index (χ0n) is 15.9. The fourth-order valence-electron chi connectivity index (χ4n) is 3.27. The molecule has 2 aromatic heterocycles. The molecule has 0 aliphatic heterocycles. The lowest BCUT2D eigenvalue weighted by atomic mass is 10.0. The Hall–Kier alpha value is -3.54. The predicted molar refractivity (Wildman–Crippen MR) is 108 cm³/mol. The van der Waals surface area contributed by atoms with Crippen LogP contribution in [-0.4, -0.2) is 30.6 Å². The molecule has 0 radical (unpaired) electrons. The van der Waals surface area contributed by atoms with E-state index in [-0.39, 0.29) is 11.5 Å². The van der Waals surface area contributed by atoms with Crippen molar-refractivity contribution in [1.82, 2.24) is 19.5 Å². The Morgan fingerprint density at radius 1 is 1.07 bits per heavy atom. The summed E-state index contributed by atoms with van der Waals surface area (Å²) in [6, 6.07) is 13.4. The maximum absolute atomic E-state index is 11.8. The van der Waals surface area contributed by atoms with Crippen molar-refractivity contribution in [2.45, 2.75) is 26.7 Å². The van der Waals surface area contributed by atoms with E-state index in [1.807, 2.05) is 55.7 Å². The summed E-state index contributed by atoms with van der Waals surface area (Å²) in [5.41, 5.74) is 5.23. The van der Waals surface area contributed by atoms with Gasteiger partial charge in [-0.05, 0) is 36.2 Å². The molecule has 1 N–H and O–H groups in total. The van der Waals surface area contributed by atoms with Crippen LogP contribution < -0.4 is 0 Å². The number of imidazole rings is 1. The van der Waals surface area contributed by atoms with Gasteiger partial charge in [-0.15, -0.1) is 0 Å². The number of carbonyl (C=O) groups is 1. The molecule has 0 saturated carbocycles. The average molecular weight is 372 g/mol. The zero-order valence-corrected chi connectivity index (χ0v) is 15.9. The maximum Gasteiger partial charge on any atom is 0.335 e. The number of aromatic nitrogens is 4. The number of fused-ring (bicyclic) bond motifs is 1. The Kier molecular flexibility index (Phi) is 4.39. The van der Waals surface area contributed by atoms with Gasteiger partial charge in [-0.3, -0.25) is 4.57 Å². The van der Waals surface area contributed by atoms with Gasteiger partial charge in [0.05, 0.1) is 17.4 Å². The van der Waals surface area contributed by atoms with Crippen LogP contribution in [0.25, 0.3) is 28.0 Å². The SMILES string of the molecule is Cc1ccc(-c2cc(C(=O)O)cc(-n3c(C(C)C)nc4cncnc43)c2)cc1. The number of carboxylic acids is 1. The first-order valence-electron chi connectivity index (χ1n) is 9.08. The van der Waals surface area contributed by atoms with Crippen molar-refractivity contribution in [2.24, 2.45) is 0 Å². The highest BCUT2D eigenvalue weighted by atomic mass is 16.4. The largest absolute Gasteiger partial charge is 0.478 e. The van der Waals surface area contributed by atoms with Crippen LogP contribution in [0.15, 0.2) is 55.0 Å². The molecule has 6 heteroatoms. The third-order valence-corrected chi connectivity index (χ3v) is 4.67. The summed E-state index contributed by atoms with van der Waals surface area (Å²) in [6.45, 7) is 6.12. The van der Waals surface area contributed by atoms with E-state index in [4.69, 9.17) is 0 Å². The molecule has 6 nitrogen and oxygen atoms in total. The fourth-order valence-corrected chi connectivity index (χ4v) is 3.27. The summed E-state index contributed by atoms with van der Waals surface area (Å²) in [5, 5.41) is 9.66. The van der Waals surface area contributed by atoms with E-state index in [1.54, 1.807) is 18.3 Å². The number of nitrogens with zero attached hydrogens (tertiary/aromatic N) is 4. The zero-order chi connectivity index (χ0) is 19.8. The normalized spacial score (nSPS) is 11.3. The summed E-state index contributed by atoms with van der Waals surface area (Å²) in [6.07, 6.45) is 3.15. The lowest BCUT2D eigenvalue weighted by Gasteiger charge is -2.14. The van der Waals surface area contributed by atoms with E-state index >= 15 is 0 Å². The van der Waals surface area contributed by atoms with Crippen molar-refractivity contribution in [2.75, 3.05) is 0 Å². The molecule has 0 amide bonds. The molecular weight excluding hydrogens is 352 g/mol. The molecule has 0 fully saturated rings. The molecule has 0 aliphatic carbocycles. The second kappa shape index (κ2) is 6.88. The number of rotatable bonds is 4. The number of carboxylic acid groups (broad SMARTS) is 1. The number of hydrogen-bond donors (Lipinski definition) is 1. The van der Waals surface area contributed by atoms with E-state index in [0.717, 1.165) is 28.2 Å². The Morgan fingerprint density at radius 2 is 1.82 bits per heavy atom. The summed E-state index contributed by atoms with van der Waals surface area (Å²) < 4.78 is 1.92. The highest BCUT2D eigenvalue weighted by Crippen LogP contribution is 2.29. The number of aryl methyl sites for hydroxylation is 1. The van der Waals surface area contributed by atoms with Gasteiger partial charge in [0, 0.05) is 5.92 Å². The van der Waals surface area contributed by atoms with Gasteiger partial charge < -0.3 is 5.11 Å². The van der Waals surface area contributed by atoms with Crippen LogP contribution in [0.2, 0.25) is 0 Å². The fraction of sp³-hybridized carbons (Fsp3) is 0.182. The summed E-state index contributed by atoms with van der Waals surface area (Å²) in [4.78, 5) is 24.9. The van der Waals surface area contributed by atoms with Crippen LogP contribution in [0.3, 0.4) is 0 Å². The van der Waals surface area contributed by atoms with Gasteiger partial charge >= 0.3 is 5.97 Å². The van der Waals surface area contributed by atoms with Crippen molar-refractivity contribution in [3.05, 3.63) is 71.9 Å². The van der Waals surface area contributed by atoms with Gasteiger partial charge in [0.2, 0.25) is 0 Å². The molecule has 0 aliphatic rings. The average Bonchev–Trinajstić information content (AvgIpc) is 3.08. The van der Waals surface area contributed by atoms with Crippen molar-refractivity contribution >= 4 is 17.1 Å². The predicted octanol–water partition coefficient (Wildman–Crippen LogP) is 4.61. The topological polar surface area (TPSA) is 80.9 Å². The van der Waals surface area contributed by atoms with Crippen molar-refractivity contribution in [3.8, 4) is 16.8 Å². The van der Waals surface area contributed by atoms with E-state index < -0.39 is 5.97 Å². The second-order valence-corrected chi connectivity index (χ2v) is 7.13.